The molecule has 0 radical (unpaired) electrons. The number of para-hydroxylation sites is 1. The number of rotatable bonds is 2. The van der Waals surface area contributed by atoms with Crippen molar-refractivity contribution in [2.24, 2.45) is 0 Å². The van der Waals surface area contributed by atoms with Gasteiger partial charge in [0.2, 0.25) is 0 Å². The number of H-pyrrole nitrogens is 1. The minimum absolute atomic E-state index is 0.0675. The summed E-state index contributed by atoms with van der Waals surface area (Å²) in [5.41, 5.74) is -0.333. The van der Waals surface area contributed by atoms with Gasteiger partial charge in [-0.2, -0.15) is 0 Å². The van der Waals surface area contributed by atoms with Gasteiger partial charge in [-0.25, -0.2) is 8.42 Å². The number of nitrogens with one attached hydrogen (secondary N) is 2. The lowest BCUT2D eigenvalue weighted by molar-refractivity contribution is 0.0910. The van der Waals surface area contributed by atoms with Crippen LogP contribution in [-0.2, 0) is 9.84 Å². The van der Waals surface area contributed by atoms with Gasteiger partial charge in [-0.3, -0.25) is 9.59 Å². The molecule has 2 N–H and O–H groups in total. The van der Waals surface area contributed by atoms with Crippen LogP contribution in [0.4, 0.5) is 0 Å². The van der Waals surface area contributed by atoms with E-state index in [1.807, 2.05) is 0 Å². The standard InChI is InChI=1S/C15H16N2O4S/c1-15(6-7-22(20,21)9-15)17-14(19)12-8-13(18)10-4-2-3-5-11(10)16-12/h2-5,8H,6-7,9H2,1H3,(H,16,18)(H,17,19)/t15-/m0/s1. The van der Waals surface area contributed by atoms with E-state index in [-0.39, 0.29) is 22.6 Å². The van der Waals surface area contributed by atoms with Crippen LogP contribution >= 0.6 is 0 Å². The van der Waals surface area contributed by atoms with Gasteiger partial charge in [0.05, 0.1) is 17.0 Å². The second-order valence-electron chi connectivity index (χ2n) is 5.95. The fraction of sp³-hybridized carbons (Fsp3) is 0.333. The largest absolute Gasteiger partial charge is 0.350 e. The van der Waals surface area contributed by atoms with Crippen LogP contribution in [0.1, 0.15) is 23.8 Å². The Labute approximate surface area is 127 Å². The maximum Gasteiger partial charge on any atom is 0.268 e. The molecule has 1 aromatic carbocycles. The Hall–Kier alpha value is -2.15. The van der Waals surface area contributed by atoms with Crippen LogP contribution in [-0.4, -0.2) is 36.4 Å². The molecule has 1 fully saturated rings. The van der Waals surface area contributed by atoms with Gasteiger partial charge in [-0.05, 0) is 25.5 Å². The van der Waals surface area contributed by atoms with Crippen LogP contribution in [0.15, 0.2) is 35.1 Å². The molecule has 6 nitrogen and oxygen atoms in total. The molecule has 1 aromatic heterocycles. The summed E-state index contributed by atoms with van der Waals surface area (Å²) in [5.74, 6) is -0.482. The van der Waals surface area contributed by atoms with Crippen LogP contribution in [0, 0.1) is 0 Å². The Balaban J connectivity index is 1.92. The predicted octanol–water partition coefficient (Wildman–Crippen LogP) is 0.835. The van der Waals surface area contributed by atoms with Gasteiger partial charge in [-0.1, -0.05) is 12.1 Å². The number of aromatic amines is 1. The van der Waals surface area contributed by atoms with Gasteiger partial charge >= 0.3 is 0 Å². The second-order valence-corrected chi connectivity index (χ2v) is 8.13. The number of carbonyl (C=O) groups is 1. The van der Waals surface area contributed by atoms with Crippen molar-refractivity contribution < 1.29 is 13.2 Å². The van der Waals surface area contributed by atoms with E-state index < -0.39 is 21.3 Å². The number of hydrogen-bond acceptors (Lipinski definition) is 4. The third-order valence-corrected chi connectivity index (χ3v) is 5.80. The van der Waals surface area contributed by atoms with Crippen LogP contribution in [0.5, 0.6) is 0 Å². The highest BCUT2D eigenvalue weighted by Gasteiger charge is 2.39. The Kier molecular flexibility index (Phi) is 3.32. The van der Waals surface area contributed by atoms with Gasteiger partial charge in [0.15, 0.2) is 15.3 Å². The minimum atomic E-state index is -3.11. The van der Waals surface area contributed by atoms with Crippen molar-refractivity contribution in [2.45, 2.75) is 18.9 Å². The number of carbonyl (C=O) groups excluding carboxylic acids is 1. The predicted molar refractivity (Wildman–Crippen MR) is 83.7 cm³/mol. The zero-order chi connectivity index (χ0) is 16.0. The highest BCUT2D eigenvalue weighted by Crippen LogP contribution is 2.23. The van der Waals surface area contributed by atoms with Crippen LogP contribution in [0.2, 0.25) is 0 Å². The number of sulfone groups is 1. The molecule has 0 aliphatic carbocycles. The Morgan fingerprint density at radius 1 is 1.32 bits per heavy atom. The zero-order valence-electron chi connectivity index (χ0n) is 12.0. The third-order valence-electron chi connectivity index (χ3n) is 3.90. The van der Waals surface area contributed by atoms with Crippen molar-refractivity contribution in [2.75, 3.05) is 11.5 Å². The summed E-state index contributed by atoms with van der Waals surface area (Å²) in [5, 5.41) is 3.24. The van der Waals surface area contributed by atoms with Gasteiger partial charge in [-0.15, -0.1) is 0 Å². The van der Waals surface area contributed by atoms with E-state index in [1.165, 1.54) is 6.07 Å². The number of amides is 1. The number of hydrogen-bond donors (Lipinski definition) is 2. The first-order chi connectivity index (χ1) is 10.3. The van der Waals surface area contributed by atoms with Gasteiger partial charge in [0.1, 0.15) is 5.69 Å². The molecular formula is C15H16N2O4S. The topological polar surface area (TPSA) is 96.1 Å². The van der Waals surface area contributed by atoms with E-state index in [1.54, 1.807) is 31.2 Å². The fourth-order valence-electron chi connectivity index (χ4n) is 2.77. The Bertz CT molecular complexity index is 917. The molecule has 0 spiro atoms. The molecule has 2 heterocycles. The van der Waals surface area contributed by atoms with Crippen LogP contribution in [0.3, 0.4) is 0 Å². The molecule has 1 atom stereocenters. The van der Waals surface area contributed by atoms with Crippen LogP contribution in [0.25, 0.3) is 10.9 Å². The van der Waals surface area contributed by atoms with Crippen molar-refractivity contribution in [1.82, 2.24) is 10.3 Å². The molecule has 0 saturated carbocycles. The smallest absolute Gasteiger partial charge is 0.268 e. The molecule has 0 unspecified atom stereocenters. The summed E-state index contributed by atoms with van der Waals surface area (Å²) < 4.78 is 23.2. The lowest BCUT2D eigenvalue weighted by atomic mass is 10.0. The van der Waals surface area contributed by atoms with Crippen molar-refractivity contribution >= 4 is 26.6 Å². The number of fused-ring (bicyclic) bond motifs is 1. The summed E-state index contributed by atoms with van der Waals surface area (Å²) in [7, 11) is -3.11. The summed E-state index contributed by atoms with van der Waals surface area (Å²) >= 11 is 0. The van der Waals surface area contributed by atoms with E-state index in [4.69, 9.17) is 0 Å². The number of pyridine rings is 1. The molecule has 1 aliphatic heterocycles. The van der Waals surface area contributed by atoms with E-state index in [2.05, 4.69) is 10.3 Å². The fourth-order valence-corrected chi connectivity index (χ4v) is 4.86. The van der Waals surface area contributed by atoms with Crippen molar-refractivity contribution in [1.29, 1.82) is 0 Å². The maximum atomic E-state index is 12.3. The highest BCUT2D eigenvalue weighted by atomic mass is 32.2. The maximum absolute atomic E-state index is 12.3. The molecule has 1 saturated heterocycles. The van der Waals surface area contributed by atoms with E-state index in [9.17, 15) is 18.0 Å². The Morgan fingerprint density at radius 3 is 2.73 bits per heavy atom. The minimum Gasteiger partial charge on any atom is -0.350 e. The second kappa shape index (κ2) is 4.95. The van der Waals surface area contributed by atoms with Crippen molar-refractivity contribution in [3.8, 4) is 0 Å². The molecule has 0 bridgehead atoms. The van der Waals surface area contributed by atoms with Crippen LogP contribution < -0.4 is 10.7 Å². The molecule has 2 aromatic rings. The molecule has 116 valence electrons. The first-order valence-electron chi connectivity index (χ1n) is 6.93. The average Bonchev–Trinajstić information content (AvgIpc) is 2.72. The van der Waals surface area contributed by atoms with E-state index in [0.717, 1.165) is 0 Å². The molecular weight excluding hydrogens is 304 g/mol. The van der Waals surface area contributed by atoms with Crippen molar-refractivity contribution in [3.63, 3.8) is 0 Å². The van der Waals surface area contributed by atoms with Gasteiger partial charge < -0.3 is 10.3 Å². The molecule has 7 heteroatoms. The monoisotopic (exact) mass is 320 g/mol. The molecule has 3 rings (SSSR count). The van der Waals surface area contributed by atoms with E-state index in [0.29, 0.717) is 17.3 Å². The summed E-state index contributed by atoms with van der Waals surface area (Å²) in [6.45, 7) is 1.70. The summed E-state index contributed by atoms with van der Waals surface area (Å²) in [4.78, 5) is 27.3. The molecule has 1 amide bonds. The van der Waals surface area contributed by atoms with Gasteiger partial charge in [0.25, 0.3) is 5.91 Å². The third kappa shape index (κ3) is 2.76. The number of aromatic nitrogens is 1. The SMILES string of the molecule is C[C@]1(NC(=O)c2cc(=O)c3ccccc3[nH]2)CCS(=O)(=O)C1. The van der Waals surface area contributed by atoms with Gasteiger partial charge in [0, 0.05) is 17.0 Å². The van der Waals surface area contributed by atoms with E-state index >= 15 is 0 Å². The zero-order valence-corrected chi connectivity index (χ0v) is 12.9. The normalized spacial score (nSPS) is 23.5. The first kappa shape index (κ1) is 14.8. The summed E-state index contributed by atoms with van der Waals surface area (Å²) in [6, 6.07) is 8.16. The number of benzene rings is 1. The lowest BCUT2D eigenvalue weighted by Gasteiger charge is -2.23. The molecule has 1 aliphatic rings. The molecule has 22 heavy (non-hydrogen) atoms. The quantitative estimate of drug-likeness (QED) is 0.857. The first-order valence-corrected chi connectivity index (χ1v) is 8.75. The van der Waals surface area contributed by atoms with Crippen molar-refractivity contribution in [3.05, 3.63) is 46.2 Å². The lowest BCUT2D eigenvalue weighted by Crippen LogP contribution is -2.47. The Morgan fingerprint density at radius 2 is 2.05 bits per heavy atom. The summed E-state index contributed by atoms with van der Waals surface area (Å²) in [6.07, 6.45) is 0.374. The highest BCUT2D eigenvalue weighted by molar-refractivity contribution is 7.91. The average molecular weight is 320 g/mol.